The van der Waals surface area contributed by atoms with E-state index < -0.39 is 0 Å². The van der Waals surface area contributed by atoms with Gasteiger partial charge in [-0.25, -0.2) is 0 Å². The summed E-state index contributed by atoms with van der Waals surface area (Å²) in [5, 5.41) is 9.41. The number of nitrogens with one attached hydrogen (secondary N) is 3. The number of hydrogen-bond donors (Lipinski definition) is 3. The van der Waals surface area contributed by atoms with E-state index in [2.05, 4.69) is 16.0 Å². The second kappa shape index (κ2) is 8.74. The van der Waals surface area contributed by atoms with Crippen LogP contribution in [0.4, 0.5) is 17.1 Å². The molecule has 0 fully saturated rings. The Morgan fingerprint density at radius 2 is 1.44 bits per heavy atom. The van der Waals surface area contributed by atoms with Crippen molar-refractivity contribution in [3.63, 3.8) is 0 Å². The average molecular weight is 380 g/mol. The molecule has 0 bridgehead atoms. The zero-order valence-electron chi connectivity index (χ0n) is 13.9. The fourth-order valence-corrected chi connectivity index (χ4v) is 2.22. The first-order valence-electron chi connectivity index (χ1n) is 7.75. The highest BCUT2D eigenvalue weighted by Crippen LogP contribution is 2.24. The fraction of sp³-hybridized carbons (Fsp3) is 0.222. The lowest BCUT2D eigenvalue weighted by molar-refractivity contribution is -0.119. The molecule has 0 saturated carbocycles. The maximum atomic E-state index is 12.0. The summed E-state index contributed by atoms with van der Waals surface area (Å²) in [4.78, 5) is 23.6. The molecular weight excluding hydrogens is 361 g/mol. The summed E-state index contributed by atoms with van der Waals surface area (Å²) in [5.74, 6) is -0.348. The molecule has 0 aromatic heterocycles. The molecule has 0 atom stereocenters. The Hall–Kier alpha value is -2.24. The van der Waals surface area contributed by atoms with Crippen molar-refractivity contribution in [2.75, 3.05) is 22.5 Å². The number of carbonyl (C=O) groups excluding carboxylic acids is 2. The molecule has 0 aliphatic carbocycles. The molecule has 0 saturated heterocycles. The Labute approximate surface area is 156 Å². The van der Waals surface area contributed by atoms with Crippen molar-refractivity contribution < 1.29 is 9.59 Å². The van der Waals surface area contributed by atoms with Crippen molar-refractivity contribution in [1.82, 2.24) is 0 Å². The molecule has 5 nitrogen and oxygen atoms in total. The van der Waals surface area contributed by atoms with Gasteiger partial charge in [0.05, 0.1) is 16.6 Å². The van der Waals surface area contributed by atoms with Crippen molar-refractivity contribution in [2.45, 2.75) is 13.8 Å². The van der Waals surface area contributed by atoms with Crippen LogP contribution in [0.25, 0.3) is 0 Å². The van der Waals surface area contributed by atoms with Crippen LogP contribution in [0, 0.1) is 5.92 Å². The van der Waals surface area contributed by atoms with E-state index in [-0.39, 0.29) is 24.3 Å². The maximum absolute atomic E-state index is 12.0. The Morgan fingerprint density at radius 1 is 0.880 bits per heavy atom. The van der Waals surface area contributed by atoms with Crippen LogP contribution in [-0.2, 0) is 9.59 Å². The van der Waals surface area contributed by atoms with Gasteiger partial charge in [0.15, 0.2) is 0 Å². The SMILES string of the molecule is CC(C)C(=O)Nc1ccc(NC(=O)CNc2ccc(Cl)c(Cl)c2)cc1. The van der Waals surface area contributed by atoms with Gasteiger partial charge >= 0.3 is 0 Å². The van der Waals surface area contributed by atoms with Gasteiger partial charge in [-0.1, -0.05) is 37.0 Å². The van der Waals surface area contributed by atoms with Crippen LogP contribution in [0.5, 0.6) is 0 Å². The first kappa shape index (κ1) is 19.1. The molecule has 7 heteroatoms. The summed E-state index contributed by atoms with van der Waals surface area (Å²) in [6.07, 6.45) is 0. The average Bonchev–Trinajstić information content (AvgIpc) is 2.57. The second-order valence-corrected chi connectivity index (χ2v) is 6.57. The van der Waals surface area contributed by atoms with E-state index >= 15 is 0 Å². The number of anilines is 3. The highest BCUT2D eigenvalue weighted by Gasteiger charge is 2.07. The first-order chi connectivity index (χ1) is 11.8. The number of hydrogen-bond acceptors (Lipinski definition) is 3. The van der Waals surface area contributed by atoms with E-state index in [1.54, 1.807) is 42.5 Å². The largest absolute Gasteiger partial charge is 0.376 e. The molecule has 2 rings (SSSR count). The van der Waals surface area contributed by atoms with E-state index in [0.29, 0.717) is 27.1 Å². The minimum absolute atomic E-state index is 0.0531. The lowest BCUT2D eigenvalue weighted by atomic mass is 10.2. The number of carbonyl (C=O) groups is 2. The fourth-order valence-electron chi connectivity index (χ4n) is 1.92. The Balaban J connectivity index is 1.85. The van der Waals surface area contributed by atoms with Crippen molar-refractivity contribution in [3.8, 4) is 0 Å². The molecule has 2 amide bonds. The van der Waals surface area contributed by atoms with E-state index in [9.17, 15) is 9.59 Å². The van der Waals surface area contributed by atoms with Gasteiger partial charge in [-0.2, -0.15) is 0 Å². The monoisotopic (exact) mass is 379 g/mol. The van der Waals surface area contributed by atoms with Gasteiger partial charge in [0, 0.05) is 23.0 Å². The maximum Gasteiger partial charge on any atom is 0.243 e. The van der Waals surface area contributed by atoms with Crippen LogP contribution < -0.4 is 16.0 Å². The van der Waals surface area contributed by atoms with Crippen LogP contribution in [0.1, 0.15) is 13.8 Å². The normalized spacial score (nSPS) is 10.4. The smallest absolute Gasteiger partial charge is 0.243 e. The summed E-state index contributed by atoms with van der Waals surface area (Å²) in [5.41, 5.74) is 2.03. The van der Waals surface area contributed by atoms with E-state index in [1.165, 1.54) is 0 Å². The topological polar surface area (TPSA) is 70.2 Å². The minimum atomic E-state index is -0.204. The van der Waals surface area contributed by atoms with Crippen molar-refractivity contribution in [3.05, 3.63) is 52.5 Å². The summed E-state index contributed by atoms with van der Waals surface area (Å²) < 4.78 is 0. The van der Waals surface area contributed by atoms with Crippen LogP contribution >= 0.6 is 23.2 Å². The quantitative estimate of drug-likeness (QED) is 0.684. The summed E-state index contributed by atoms with van der Waals surface area (Å²) in [6.45, 7) is 3.74. The standard InChI is InChI=1S/C18H19Cl2N3O2/c1-11(2)18(25)23-13-5-3-12(4-6-13)22-17(24)10-21-14-7-8-15(19)16(20)9-14/h3-9,11,21H,10H2,1-2H3,(H,22,24)(H,23,25). The number of halogens is 2. The van der Waals surface area contributed by atoms with Gasteiger partial charge in [-0.3, -0.25) is 9.59 Å². The molecule has 0 heterocycles. The third-order valence-corrected chi connectivity index (χ3v) is 4.07. The Bertz CT molecular complexity index is 761. The van der Waals surface area contributed by atoms with E-state index in [0.717, 1.165) is 0 Å². The molecule has 0 aliphatic heterocycles. The minimum Gasteiger partial charge on any atom is -0.376 e. The lowest BCUT2D eigenvalue weighted by Crippen LogP contribution is -2.21. The van der Waals surface area contributed by atoms with Crippen molar-refractivity contribution >= 4 is 52.1 Å². The van der Waals surface area contributed by atoms with Gasteiger partial charge in [-0.15, -0.1) is 0 Å². The second-order valence-electron chi connectivity index (χ2n) is 5.75. The molecular formula is C18H19Cl2N3O2. The molecule has 25 heavy (non-hydrogen) atoms. The molecule has 132 valence electrons. The molecule has 0 spiro atoms. The molecule has 2 aromatic rings. The van der Waals surface area contributed by atoms with Crippen LogP contribution in [0.3, 0.4) is 0 Å². The number of amides is 2. The molecule has 2 aromatic carbocycles. The lowest BCUT2D eigenvalue weighted by Gasteiger charge is -2.10. The van der Waals surface area contributed by atoms with Crippen LogP contribution in [0.15, 0.2) is 42.5 Å². The van der Waals surface area contributed by atoms with Gasteiger partial charge in [0.25, 0.3) is 0 Å². The first-order valence-corrected chi connectivity index (χ1v) is 8.50. The highest BCUT2D eigenvalue weighted by molar-refractivity contribution is 6.42. The predicted molar refractivity (Wildman–Crippen MR) is 103 cm³/mol. The summed E-state index contributed by atoms with van der Waals surface area (Å²) >= 11 is 11.8. The highest BCUT2D eigenvalue weighted by atomic mass is 35.5. The van der Waals surface area contributed by atoms with Gasteiger partial charge in [0.1, 0.15) is 0 Å². The zero-order chi connectivity index (χ0) is 18.4. The van der Waals surface area contributed by atoms with Crippen LogP contribution in [-0.4, -0.2) is 18.4 Å². The van der Waals surface area contributed by atoms with Gasteiger partial charge in [0.2, 0.25) is 11.8 Å². The van der Waals surface area contributed by atoms with E-state index in [1.807, 2.05) is 13.8 Å². The summed E-state index contributed by atoms with van der Waals surface area (Å²) in [6, 6.07) is 12.0. The number of rotatable bonds is 6. The summed E-state index contributed by atoms with van der Waals surface area (Å²) in [7, 11) is 0. The van der Waals surface area contributed by atoms with Crippen molar-refractivity contribution in [1.29, 1.82) is 0 Å². The van der Waals surface area contributed by atoms with Gasteiger partial charge in [-0.05, 0) is 42.5 Å². The third kappa shape index (κ3) is 5.96. The molecule has 0 aliphatic rings. The molecule has 0 unspecified atom stereocenters. The predicted octanol–water partition coefficient (Wildman–Crippen LogP) is 4.64. The van der Waals surface area contributed by atoms with E-state index in [4.69, 9.17) is 23.2 Å². The van der Waals surface area contributed by atoms with Crippen LogP contribution in [0.2, 0.25) is 10.0 Å². The molecule has 0 radical (unpaired) electrons. The Kier molecular flexibility index (Phi) is 6.67. The van der Waals surface area contributed by atoms with Gasteiger partial charge < -0.3 is 16.0 Å². The molecule has 3 N–H and O–H groups in total. The Morgan fingerprint density at radius 3 is 2.00 bits per heavy atom. The number of benzene rings is 2. The van der Waals surface area contributed by atoms with Crippen molar-refractivity contribution in [2.24, 2.45) is 5.92 Å². The third-order valence-electron chi connectivity index (χ3n) is 3.33. The zero-order valence-corrected chi connectivity index (χ0v) is 15.4.